The maximum atomic E-state index is 13.8. The van der Waals surface area contributed by atoms with Gasteiger partial charge in [-0.15, -0.1) is 0 Å². The first-order chi connectivity index (χ1) is 23.3. The summed E-state index contributed by atoms with van der Waals surface area (Å²) in [7, 11) is 0. The third-order valence-electron chi connectivity index (χ3n) is 9.08. The third kappa shape index (κ3) is 12.8. The van der Waals surface area contributed by atoms with E-state index in [1.54, 1.807) is 6.92 Å². The minimum absolute atomic E-state index is 0.173. The number of hydrogen-bond donors (Lipinski definition) is 9. The molecule has 0 spiro atoms. The molecule has 0 unspecified atom stereocenters. The van der Waals surface area contributed by atoms with Gasteiger partial charge < -0.3 is 52.5 Å². The van der Waals surface area contributed by atoms with Gasteiger partial charge >= 0.3 is 5.97 Å². The van der Waals surface area contributed by atoms with Crippen molar-refractivity contribution in [2.75, 3.05) is 13.2 Å². The highest BCUT2D eigenvalue weighted by Gasteiger charge is 2.41. The van der Waals surface area contributed by atoms with Gasteiger partial charge in [-0.25, -0.2) is 4.79 Å². The molecule has 0 bridgehead atoms. The summed E-state index contributed by atoms with van der Waals surface area (Å²) in [5, 5.41) is 40.7. The van der Waals surface area contributed by atoms with E-state index in [0.29, 0.717) is 32.1 Å². The number of nitrogens with two attached hydrogens (primary N) is 1. The van der Waals surface area contributed by atoms with Gasteiger partial charge in [0, 0.05) is 6.54 Å². The summed E-state index contributed by atoms with van der Waals surface area (Å²) in [6.45, 7) is 13.0. The monoisotopic (exact) mass is 713 g/mol. The number of carbonyl (C=O) groups excluding carboxylic acids is 6. The van der Waals surface area contributed by atoms with E-state index in [2.05, 4.69) is 21.3 Å². The van der Waals surface area contributed by atoms with Crippen LogP contribution in [0.2, 0.25) is 0 Å². The summed E-state index contributed by atoms with van der Waals surface area (Å²) in [6, 6.07) is -8.27. The second kappa shape index (κ2) is 20.7. The molecule has 1 heterocycles. The standard InChI is InChI=1S/C33H59N7O10/c1-9-17(5)24(30(46)35-19(7)27(43)39-26(20(8)42)31(47)36-22(15-41)33(49)50)37-29(45)23-12-11-13-40(23)32(48)25(18(6)10-2)38-28(44)21(34)14-16(3)4/h16-26,41-42H,9-15,34H2,1-8H3,(H,35,46)(H,36,47)(H,37,45)(H,38,44)(H,39,43)(H,49,50)/t17-,18-,19-,20+,21-,22-,23-,24-,25-,26-/m0/s1. The summed E-state index contributed by atoms with van der Waals surface area (Å²) in [4.78, 5) is 92.0. The highest BCUT2D eigenvalue weighted by molar-refractivity contribution is 5.97. The van der Waals surface area contributed by atoms with Crippen LogP contribution in [0.3, 0.4) is 0 Å². The topological polar surface area (TPSA) is 270 Å². The fourth-order valence-electron chi connectivity index (χ4n) is 5.49. The van der Waals surface area contributed by atoms with Crippen molar-refractivity contribution >= 4 is 41.4 Å². The summed E-state index contributed by atoms with van der Waals surface area (Å²) in [6.07, 6.45) is 0.876. The fraction of sp³-hybridized carbons (Fsp3) is 0.788. The van der Waals surface area contributed by atoms with Gasteiger partial charge in [0.15, 0.2) is 0 Å². The number of amides is 6. The number of likely N-dealkylation sites (tertiary alicyclic amines) is 1. The predicted octanol–water partition coefficient (Wildman–Crippen LogP) is -1.66. The van der Waals surface area contributed by atoms with Crippen LogP contribution in [0.4, 0.5) is 0 Å². The van der Waals surface area contributed by atoms with Crippen LogP contribution in [0.15, 0.2) is 0 Å². The Kier molecular flexibility index (Phi) is 18.3. The van der Waals surface area contributed by atoms with Crippen molar-refractivity contribution in [2.24, 2.45) is 23.5 Å². The molecule has 17 heteroatoms. The molecule has 0 saturated carbocycles. The van der Waals surface area contributed by atoms with E-state index in [-0.39, 0.29) is 18.4 Å². The molecule has 1 aliphatic heterocycles. The smallest absolute Gasteiger partial charge is 0.328 e. The summed E-state index contributed by atoms with van der Waals surface area (Å²) in [5.41, 5.74) is 6.08. The Balaban J connectivity index is 3.09. The van der Waals surface area contributed by atoms with Crippen LogP contribution >= 0.6 is 0 Å². The maximum absolute atomic E-state index is 13.8. The Morgan fingerprint density at radius 1 is 0.760 bits per heavy atom. The van der Waals surface area contributed by atoms with E-state index in [0.717, 1.165) is 0 Å². The molecule has 0 aliphatic carbocycles. The molecule has 286 valence electrons. The van der Waals surface area contributed by atoms with Crippen molar-refractivity contribution in [3.8, 4) is 0 Å². The summed E-state index contributed by atoms with van der Waals surface area (Å²) in [5.74, 6) is -6.10. The minimum Gasteiger partial charge on any atom is -0.480 e. The van der Waals surface area contributed by atoms with E-state index >= 15 is 0 Å². The van der Waals surface area contributed by atoms with Gasteiger partial charge in [0.2, 0.25) is 35.4 Å². The zero-order valence-corrected chi connectivity index (χ0v) is 30.5. The van der Waals surface area contributed by atoms with Crippen molar-refractivity contribution < 1.29 is 48.9 Å². The largest absolute Gasteiger partial charge is 0.480 e. The van der Waals surface area contributed by atoms with Crippen LogP contribution in [0.1, 0.15) is 87.5 Å². The average molecular weight is 714 g/mol. The fourth-order valence-corrected chi connectivity index (χ4v) is 5.49. The number of rotatable bonds is 20. The molecule has 17 nitrogen and oxygen atoms in total. The molecule has 1 aliphatic rings. The number of carboxylic acids is 1. The van der Waals surface area contributed by atoms with Gasteiger partial charge in [-0.05, 0) is 50.9 Å². The number of hydrogen-bond acceptors (Lipinski definition) is 10. The number of nitrogens with one attached hydrogen (secondary N) is 5. The van der Waals surface area contributed by atoms with Crippen molar-refractivity contribution in [3.63, 3.8) is 0 Å². The van der Waals surface area contributed by atoms with Gasteiger partial charge in [0.25, 0.3) is 0 Å². The zero-order valence-electron chi connectivity index (χ0n) is 30.5. The van der Waals surface area contributed by atoms with Crippen LogP contribution < -0.4 is 32.3 Å². The van der Waals surface area contributed by atoms with Crippen molar-refractivity contribution in [3.05, 3.63) is 0 Å². The Hall–Kier alpha value is -3.83. The quantitative estimate of drug-likeness (QED) is 0.0689. The van der Waals surface area contributed by atoms with Crippen LogP contribution in [-0.4, -0.2) is 123 Å². The summed E-state index contributed by atoms with van der Waals surface area (Å²) < 4.78 is 0. The zero-order chi connectivity index (χ0) is 38.5. The molecular formula is C33H59N7O10. The first kappa shape index (κ1) is 44.2. The number of carboxylic acid groups (broad SMARTS) is 1. The van der Waals surface area contributed by atoms with E-state index in [9.17, 15) is 43.8 Å². The molecule has 1 rings (SSSR count). The molecule has 6 amide bonds. The van der Waals surface area contributed by atoms with Crippen molar-refractivity contribution in [1.29, 1.82) is 0 Å². The number of aliphatic hydroxyl groups is 2. The molecule has 1 saturated heterocycles. The van der Waals surface area contributed by atoms with Gasteiger partial charge in [0.05, 0.1) is 18.8 Å². The van der Waals surface area contributed by atoms with Crippen molar-refractivity contribution in [2.45, 2.75) is 136 Å². The number of nitrogens with zero attached hydrogens (tertiary/aromatic N) is 1. The molecule has 0 aromatic carbocycles. The van der Waals surface area contributed by atoms with Crippen molar-refractivity contribution in [1.82, 2.24) is 31.5 Å². The average Bonchev–Trinajstić information content (AvgIpc) is 3.55. The maximum Gasteiger partial charge on any atom is 0.328 e. The van der Waals surface area contributed by atoms with Gasteiger partial charge in [-0.2, -0.15) is 0 Å². The second-order valence-electron chi connectivity index (χ2n) is 13.7. The normalized spacial score (nSPS) is 19.8. The first-order valence-corrected chi connectivity index (χ1v) is 17.4. The molecule has 1 fully saturated rings. The lowest BCUT2D eigenvalue weighted by Crippen LogP contribution is -2.61. The van der Waals surface area contributed by atoms with E-state index in [4.69, 9.17) is 10.8 Å². The minimum atomic E-state index is -1.67. The number of aliphatic carboxylic acids is 1. The highest BCUT2D eigenvalue weighted by atomic mass is 16.4. The van der Waals surface area contributed by atoms with Gasteiger partial charge in [0.1, 0.15) is 36.3 Å². The lowest BCUT2D eigenvalue weighted by Gasteiger charge is -2.33. The highest BCUT2D eigenvalue weighted by Crippen LogP contribution is 2.22. The summed E-state index contributed by atoms with van der Waals surface area (Å²) >= 11 is 0. The van der Waals surface area contributed by atoms with Crippen LogP contribution in [-0.2, 0) is 33.6 Å². The molecular weight excluding hydrogens is 654 g/mol. The molecule has 0 aromatic rings. The van der Waals surface area contributed by atoms with E-state index in [1.165, 1.54) is 18.7 Å². The third-order valence-corrected chi connectivity index (χ3v) is 9.08. The molecule has 10 atom stereocenters. The molecule has 10 N–H and O–H groups in total. The van der Waals surface area contributed by atoms with Crippen LogP contribution in [0, 0.1) is 17.8 Å². The molecule has 0 aromatic heterocycles. The van der Waals surface area contributed by atoms with Crippen LogP contribution in [0.25, 0.3) is 0 Å². The molecule has 0 radical (unpaired) electrons. The Morgan fingerprint density at radius 3 is 1.80 bits per heavy atom. The Morgan fingerprint density at radius 2 is 1.30 bits per heavy atom. The lowest BCUT2D eigenvalue weighted by atomic mass is 9.95. The first-order valence-electron chi connectivity index (χ1n) is 17.4. The SMILES string of the molecule is CC[C@H](C)[C@H](NC(=O)[C@@H]1CCCN1C(=O)[C@@H](NC(=O)[C@@H](N)CC(C)C)[C@@H](C)CC)C(=O)N[C@@H](C)C(=O)N[C@H](C(=O)N[C@@H](CO)C(=O)O)[C@@H](C)O. The lowest BCUT2D eigenvalue weighted by molar-refractivity contribution is -0.144. The molecule has 50 heavy (non-hydrogen) atoms. The van der Waals surface area contributed by atoms with Gasteiger partial charge in [-0.1, -0.05) is 54.4 Å². The Labute approximate surface area is 294 Å². The van der Waals surface area contributed by atoms with E-state index in [1.807, 2.05) is 39.9 Å². The number of carbonyl (C=O) groups is 7. The Bertz CT molecular complexity index is 1200. The van der Waals surface area contributed by atoms with Gasteiger partial charge in [-0.3, -0.25) is 28.8 Å². The van der Waals surface area contributed by atoms with Crippen LogP contribution in [0.5, 0.6) is 0 Å². The predicted molar refractivity (Wildman–Crippen MR) is 183 cm³/mol. The van der Waals surface area contributed by atoms with E-state index < -0.39 is 102 Å². The second-order valence-corrected chi connectivity index (χ2v) is 13.7. The number of aliphatic hydroxyl groups excluding tert-OH is 2.